The van der Waals surface area contributed by atoms with Gasteiger partial charge in [-0.2, -0.15) is 0 Å². The third-order valence-corrected chi connectivity index (χ3v) is 11.3. The van der Waals surface area contributed by atoms with Gasteiger partial charge in [0.15, 0.2) is 23.8 Å². The smallest absolute Gasteiger partial charge is 0.408 e. The maximum absolute atomic E-state index is 17.7. The second-order valence-corrected chi connectivity index (χ2v) is 13.1. The molecular formula is C33H40FNO7. The van der Waals surface area contributed by atoms with Gasteiger partial charge in [-0.25, -0.2) is 9.18 Å². The van der Waals surface area contributed by atoms with Crippen LogP contribution in [0.4, 0.5) is 9.18 Å². The molecule has 3 unspecified atom stereocenters. The summed E-state index contributed by atoms with van der Waals surface area (Å²) in [5, 5.41) is 22.7. The van der Waals surface area contributed by atoms with E-state index in [9.17, 15) is 29.4 Å². The lowest BCUT2D eigenvalue weighted by Crippen LogP contribution is -2.73. The molecule has 3 fully saturated rings. The van der Waals surface area contributed by atoms with Crippen LogP contribution in [0.1, 0.15) is 71.9 Å². The molecule has 1 amide bonds. The van der Waals surface area contributed by atoms with Gasteiger partial charge in [-0.3, -0.25) is 19.3 Å². The minimum Gasteiger partial charge on any atom is -0.465 e. The molecule has 1 aromatic rings. The van der Waals surface area contributed by atoms with E-state index in [4.69, 9.17) is 4.74 Å². The van der Waals surface area contributed by atoms with Crippen LogP contribution in [-0.2, 0) is 19.1 Å². The molecule has 0 saturated heterocycles. The highest BCUT2D eigenvalue weighted by atomic mass is 19.1. The summed E-state index contributed by atoms with van der Waals surface area (Å²) >= 11 is 0. The number of fused-ring (bicyclic) bond motifs is 5. The molecule has 8 nitrogen and oxygen atoms in total. The van der Waals surface area contributed by atoms with E-state index in [0.29, 0.717) is 30.4 Å². The number of allylic oxidation sites excluding steroid dienone is 4. The van der Waals surface area contributed by atoms with Gasteiger partial charge in [0.05, 0.1) is 12.1 Å². The fraction of sp³-hybridized carbons (Fsp3) is 0.576. The van der Waals surface area contributed by atoms with Gasteiger partial charge in [0.2, 0.25) is 0 Å². The SMILES string of the molecule is CC(=O)OCC(=O)[C@]1(N(C(=O)O)[C@H](C)c2ccccc2)[C@@H](C)CC2C3CCC4=CC(=O)C=C[C@]4(C)C3(F)[C@@H](O)C[C@@]21C. The van der Waals surface area contributed by atoms with E-state index in [1.807, 2.05) is 13.0 Å². The van der Waals surface area contributed by atoms with Crippen LogP contribution in [0.25, 0.3) is 0 Å². The molecule has 0 aromatic heterocycles. The minimum atomic E-state index is -2.13. The van der Waals surface area contributed by atoms with Crippen LogP contribution in [0.3, 0.4) is 0 Å². The van der Waals surface area contributed by atoms with Crippen LogP contribution < -0.4 is 0 Å². The third kappa shape index (κ3) is 3.88. The summed E-state index contributed by atoms with van der Waals surface area (Å²) in [6.45, 7) is 7.60. The highest BCUT2D eigenvalue weighted by molar-refractivity contribution is 6.01. The monoisotopic (exact) mass is 581 g/mol. The number of Topliss-reactive ketones (excluding diaryl/α,β-unsaturated/α-hetero) is 1. The maximum atomic E-state index is 17.7. The van der Waals surface area contributed by atoms with Crippen LogP contribution in [0.2, 0.25) is 0 Å². The number of rotatable bonds is 6. The second kappa shape index (κ2) is 10.1. The Labute approximate surface area is 245 Å². The van der Waals surface area contributed by atoms with E-state index < -0.39 is 76.4 Å². The number of aliphatic hydroxyl groups excluding tert-OH is 1. The maximum Gasteiger partial charge on any atom is 0.408 e. The molecule has 9 heteroatoms. The molecule has 226 valence electrons. The Bertz CT molecular complexity index is 1380. The van der Waals surface area contributed by atoms with Gasteiger partial charge in [-0.1, -0.05) is 55.8 Å². The van der Waals surface area contributed by atoms with Crippen LogP contribution in [-0.4, -0.2) is 62.7 Å². The largest absolute Gasteiger partial charge is 0.465 e. The quantitative estimate of drug-likeness (QED) is 0.442. The van der Waals surface area contributed by atoms with Crippen molar-refractivity contribution in [1.29, 1.82) is 0 Å². The van der Waals surface area contributed by atoms with Gasteiger partial charge in [-0.05, 0) is 69.1 Å². The van der Waals surface area contributed by atoms with Gasteiger partial charge in [0.25, 0.3) is 0 Å². The Morgan fingerprint density at radius 1 is 1.17 bits per heavy atom. The number of amides is 1. The number of hydrogen-bond acceptors (Lipinski definition) is 6. The van der Waals surface area contributed by atoms with Crippen molar-refractivity contribution in [2.75, 3.05) is 6.61 Å². The number of ketones is 2. The lowest BCUT2D eigenvalue weighted by Gasteiger charge is -2.64. The van der Waals surface area contributed by atoms with E-state index >= 15 is 4.39 Å². The first-order valence-corrected chi connectivity index (χ1v) is 14.7. The number of carboxylic acid groups (broad SMARTS) is 1. The first-order valence-electron chi connectivity index (χ1n) is 14.7. The van der Waals surface area contributed by atoms with Gasteiger partial charge in [0, 0.05) is 23.7 Å². The molecule has 9 atom stereocenters. The molecule has 4 aliphatic rings. The summed E-state index contributed by atoms with van der Waals surface area (Å²) in [7, 11) is 0. The van der Waals surface area contributed by atoms with Gasteiger partial charge >= 0.3 is 12.1 Å². The lowest BCUT2D eigenvalue weighted by atomic mass is 9.44. The van der Waals surface area contributed by atoms with Gasteiger partial charge in [-0.15, -0.1) is 0 Å². The zero-order valence-corrected chi connectivity index (χ0v) is 24.8. The standard InChI is InChI=1S/C33H40FNO7/c1-19-15-26-25-12-11-23-16-24(37)13-14-30(23,4)32(25,34)27(38)17-31(26,5)33(19,28(39)18-42-21(3)36)35(29(40)41)20(2)22-9-7-6-8-10-22/h6-10,13-14,16,19-20,25-27,38H,11-12,15,17-18H2,1-5H3,(H,40,41)/t19-,20+,25?,26?,27-,30-,31-,32?,33+/m0/s1. The minimum absolute atomic E-state index is 0.184. The summed E-state index contributed by atoms with van der Waals surface area (Å²) in [6.07, 6.45) is 2.47. The molecule has 0 heterocycles. The Kier molecular flexibility index (Phi) is 7.28. The Hall–Kier alpha value is -3.33. The number of benzene rings is 1. The number of carbonyl (C=O) groups is 4. The molecule has 2 N–H and O–H groups in total. The lowest BCUT2D eigenvalue weighted by molar-refractivity contribution is -0.210. The predicted octanol–water partition coefficient (Wildman–Crippen LogP) is 5.22. The highest BCUT2D eigenvalue weighted by Crippen LogP contribution is 2.72. The average molecular weight is 582 g/mol. The number of alkyl halides is 1. The van der Waals surface area contributed by atoms with Crippen molar-refractivity contribution in [1.82, 2.24) is 4.90 Å². The molecule has 0 aliphatic heterocycles. The summed E-state index contributed by atoms with van der Waals surface area (Å²) in [6, 6.07) is 8.21. The summed E-state index contributed by atoms with van der Waals surface area (Å²) < 4.78 is 22.9. The average Bonchev–Trinajstić information content (AvgIpc) is 3.15. The molecule has 42 heavy (non-hydrogen) atoms. The van der Waals surface area contributed by atoms with E-state index in [-0.39, 0.29) is 12.2 Å². The van der Waals surface area contributed by atoms with Gasteiger partial charge < -0.3 is 14.9 Å². The van der Waals surface area contributed by atoms with E-state index in [1.54, 1.807) is 51.1 Å². The van der Waals surface area contributed by atoms with Crippen molar-refractivity contribution < 1.29 is 38.5 Å². The topological polar surface area (TPSA) is 121 Å². The number of halogens is 1. The van der Waals surface area contributed by atoms with Crippen LogP contribution in [0.5, 0.6) is 0 Å². The zero-order valence-electron chi connectivity index (χ0n) is 24.8. The summed E-state index contributed by atoms with van der Waals surface area (Å²) in [5.41, 5.74) is -4.96. The molecule has 3 saturated carbocycles. The molecule has 0 spiro atoms. The van der Waals surface area contributed by atoms with Crippen molar-refractivity contribution in [3.63, 3.8) is 0 Å². The number of aliphatic hydroxyl groups is 1. The zero-order chi connectivity index (χ0) is 30.8. The van der Waals surface area contributed by atoms with Crippen molar-refractivity contribution in [3.05, 3.63) is 59.7 Å². The Morgan fingerprint density at radius 3 is 2.45 bits per heavy atom. The first kappa shape index (κ1) is 30.1. The van der Waals surface area contributed by atoms with E-state index in [1.165, 1.54) is 24.0 Å². The van der Waals surface area contributed by atoms with Crippen molar-refractivity contribution >= 4 is 23.6 Å². The first-order chi connectivity index (χ1) is 19.7. The fourth-order valence-corrected chi connectivity index (χ4v) is 9.57. The number of hydrogen-bond donors (Lipinski definition) is 2. The van der Waals surface area contributed by atoms with Crippen molar-refractivity contribution in [2.24, 2.45) is 28.6 Å². The third-order valence-electron chi connectivity index (χ3n) is 11.3. The van der Waals surface area contributed by atoms with Gasteiger partial charge in [0.1, 0.15) is 5.54 Å². The highest BCUT2D eigenvalue weighted by Gasteiger charge is 2.77. The van der Waals surface area contributed by atoms with Crippen LogP contribution in [0.15, 0.2) is 54.1 Å². The summed E-state index contributed by atoms with van der Waals surface area (Å²) in [5.74, 6) is -3.23. The van der Waals surface area contributed by atoms with Crippen molar-refractivity contribution in [3.8, 4) is 0 Å². The molecule has 0 bridgehead atoms. The van der Waals surface area contributed by atoms with Crippen LogP contribution in [0, 0.1) is 28.6 Å². The molecular weight excluding hydrogens is 541 g/mol. The Balaban J connectivity index is 1.70. The van der Waals surface area contributed by atoms with E-state index in [0.717, 1.165) is 0 Å². The number of nitrogens with zero attached hydrogens (tertiary/aromatic N) is 1. The molecule has 4 aliphatic carbocycles. The Morgan fingerprint density at radius 2 is 1.83 bits per heavy atom. The number of esters is 1. The van der Waals surface area contributed by atoms with E-state index in [2.05, 4.69) is 0 Å². The predicted molar refractivity (Wildman–Crippen MR) is 152 cm³/mol. The fourth-order valence-electron chi connectivity index (χ4n) is 9.57. The molecule has 1 aromatic carbocycles. The number of carbonyl (C=O) groups excluding carboxylic acids is 3. The number of ether oxygens (including phenoxy) is 1. The summed E-state index contributed by atoms with van der Waals surface area (Å²) in [4.78, 5) is 53.0. The molecule has 5 rings (SSSR count). The van der Waals surface area contributed by atoms with Crippen LogP contribution >= 0.6 is 0 Å². The molecule has 0 radical (unpaired) electrons. The normalized spacial score (nSPS) is 39.3. The second-order valence-electron chi connectivity index (χ2n) is 13.1. The van der Waals surface area contributed by atoms with Crippen molar-refractivity contribution in [2.45, 2.75) is 83.7 Å².